The van der Waals surface area contributed by atoms with Crippen LogP contribution < -0.4 is 0 Å². The Morgan fingerprint density at radius 3 is 2.69 bits per heavy atom. The van der Waals surface area contributed by atoms with E-state index in [1.54, 1.807) is 0 Å². The molecule has 1 aromatic rings. The number of nitrogens with one attached hydrogen (secondary N) is 1. The van der Waals surface area contributed by atoms with E-state index in [1.807, 2.05) is 18.7 Å². The van der Waals surface area contributed by atoms with Gasteiger partial charge >= 0.3 is 0 Å². The van der Waals surface area contributed by atoms with Crippen LogP contribution in [-0.2, 0) is 12.2 Å². The second-order valence-corrected chi connectivity index (χ2v) is 5.79. The molecule has 0 bridgehead atoms. The van der Waals surface area contributed by atoms with Gasteiger partial charge in [0.2, 0.25) is 0 Å². The van der Waals surface area contributed by atoms with Crippen molar-refractivity contribution in [1.29, 1.82) is 0 Å². The molecule has 16 heavy (non-hydrogen) atoms. The van der Waals surface area contributed by atoms with Crippen LogP contribution in [-0.4, -0.2) is 15.2 Å². The molecule has 0 saturated heterocycles. The van der Waals surface area contributed by atoms with E-state index in [2.05, 4.69) is 30.7 Å². The van der Waals surface area contributed by atoms with Gasteiger partial charge in [-0.15, -0.1) is 0 Å². The van der Waals surface area contributed by atoms with E-state index in [9.17, 15) is 0 Å². The zero-order valence-corrected chi connectivity index (χ0v) is 12.1. The number of thioether (sulfide) groups is 1. The molecule has 90 valence electrons. The lowest BCUT2D eigenvalue weighted by Crippen LogP contribution is -2.03. The van der Waals surface area contributed by atoms with E-state index in [0.29, 0.717) is 5.25 Å². The number of H-pyrrole nitrogens is 1. The van der Waals surface area contributed by atoms with Crippen molar-refractivity contribution < 1.29 is 0 Å². The van der Waals surface area contributed by atoms with Gasteiger partial charge in [0.25, 0.3) is 0 Å². The molecule has 1 heterocycles. The van der Waals surface area contributed by atoms with Gasteiger partial charge in [-0.3, -0.25) is 0 Å². The monoisotopic (exact) mass is 256 g/mol. The molecule has 0 saturated carbocycles. The second-order valence-electron chi connectivity index (χ2n) is 3.98. The fourth-order valence-corrected chi connectivity index (χ4v) is 2.44. The summed E-state index contributed by atoms with van der Waals surface area (Å²) in [5.41, 5.74) is 2.34. The van der Waals surface area contributed by atoms with Crippen molar-refractivity contribution in [2.45, 2.75) is 51.5 Å². The standard InChI is InChI=1S/C12H20N2S2/c1-5-8(3)16-7-11-13-10(6-2)9(4)12(15)14-11/h8H,5-7H2,1-4H3,(H,13,14,15). The predicted octanol–water partition coefficient (Wildman–Crippen LogP) is 4.04. The van der Waals surface area contributed by atoms with Gasteiger partial charge in [-0.2, -0.15) is 11.8 Å². The van der Waals surface area contributed by atoms with Crippen LogP contribution in [0.4, 0.5) is 0 Å². The lowest BCUT2D eigenvalue weighted by molar-refractivity contribution is 0.887. The normalized spacial score (nSPS) is 12.8. The molecule has 1 rings (SSSR count). The van der Waals surface area contributed by atoms with Crippen molar-refractivity contribution in [3.05, 3.63) is 21.7 Å². The fourth-order valence-electron chi connectivity index (χ4n) is 1.39. The van der Waals surface area contributed by atoms with E-state index in [4.69, 9.17) is 12.2 Å². The third kappa shape index (κ3) is 3.59. The second kappa shape index (κ2) is 6.40. The lowest BCUT2D eigenvalue weighted by atomic mass is 10.2. The van der Waals surface area contributed by atoms with Crippen LogP contribution in [0.15, 0.2) is 0 Å². The summed E-state index contributed by atoms with van der Waals surface area (Å²) in [5.74, 6) is 1.93. The highest BCUT2D eigenvalue weighted by molar-refractivity contribution is 7.99. The van der Waals surface area contributed by atoms with Crippen LogP contribution in [0.25, 0.3) is 0 Å². The van der Waals surface area contributed by atoms with Crippen LogP contribution in [0.5, 0.6) is 0 Å². The van der Waals surface area contributed by atoms with Gasteiger partial charge in [0, 0.05) is 16.5 Å². The Morgan fingerprint density at radius 2 is 2.12 bits per heavy atom. The molecular formula is C12H20N2S2. The fraction of sp³-hybridized carbons (Fsp3) is 0.667. The Labute approximate surface area is 107 Å². The maximum absolute atomic E-state index is 5.26. The van der Waals surface area contributed by atoms with E-state index >= 15 is 0 Å². The van der Waals surface area contributed by atoms with Gasteiger partial charge in [0.15, 0.2) is 0 Å². The van der Waals surface area contributed by atoms with E-state index in [1.165, 1.54) is 12.1 Å². The van der Waals surface area contributed by atoms with Gasteiger partial charge in [0.05, 0.1) is 5.75 Å². The number of hydrogen-bond donors (Lipinski definition) is 1. The van der Waals surface area contributed by atoms with Crippen molar-refractivity contribution in [2.75, 3.05) is 0 Å². The molecule has 0 radical (unpaired) electrons. The number of nitrogens with zero attached hydrogens (tertiary/aromatic N) is 1. The Bertz CT molecular complexity index is 398. The molecule has 0 aliphatic rings. The molecular weight excluding hydrogens is 236 g/mol. The largest absolute Gasteiger partial charge is 0.346 e. The summed E-state index contributed by atoms with van der Waals surface area (Å²) in [4.78, 5) is 7.81. The van der Waals surface area contributed by atoms with Crippen molar-refractivity contribution >= 4 is 24.0 Å². The highest BCUT2D eigenvalue weighted by Gasteiger charge is 2.05. The summed E-state index contributed by atoms with van der Waals surface area (Å²) in [5, 5.41) is 0.676. The first-order valence-electron chi connectivity index (χ1n) is 5.78. The molecule has 0 aromatic carbocycles. The minimum atomic E-state index is 0.676. The molecule has 0 amide bonds. The average Bonchev–Trinajstić information content (AvgIpc) is 2.29. The summed E-state index contributed by atoms with van der Waals surface area (Å²) < 4.78 is 0.746. The molecule has 2 nitrogen and oxygen atoms in total. The smallest absolute Gasteiger partial charge is 0.132 e. The van der Waals surface area contributed by atoms with Gasteiger partial charge in [-0.05, 0) is 19.8 Å². The summed E-state index contributed by atoms with van der Waals surface area (Å²) in [6, 6.07) is 0. The molecule has 1 aromatic heterocycles. The third-order valence-electron chi connectivity index (χ3n) is 2.74. The quantitative estimate of drug-likeness (QED) is 0.806. The molecule has 1 unspecified atom stereocenters. The number of aromatic amines is 1. The SMILES string of the molecule is CCc1[nH]c(CSC(C)CC)nc(=S)c1C. The molecule has 0 aliphatic carbocycles. The summed E-state index contributed by atoms with van der Waals surface area (Å²) in [6.45, 7) is 8.63. The van der Waals surface area contributed by atoms with Gasteiger partial charge < -0.3 is 4.98 Å². The van der Waals surface area contributed by atoms with Gasteiger partial charge in [-0.25, -0.2) is 4.98 Å². The zero-order chi connectivity index (χ0) is 12.1. The molecule has 0 aliphatic heterocycles. The van der Waals surface area contributed by atoms with Crippen LogP contribution in [0.1, 0.15) is 44.3 Å². The summed E-state index contributed by atoms with van der Waals surface area (Å²) in [6.07, 6.45) is 2.18. The van der Waals surface area contributed by atoms with Crippen molar-refractivity contribution in [2.24, 2.45) is 0 Å². The van der Waals surface area contributed by atoms with Crippen molar-refractivity contribution in [3.8, 4) is 0 Å². The van der Waals surface area contributed by atoms with Crippen molar-refractivity contribution in [1.82, 2.24) is 9.97 Å². The van der Waals surface area contributed by atoms with Crippen LogP contribution in [0.2, 0.25) is 0 Å². The van der Waals surface area contributed by atoms with Gasteiger partial charge in [0.1, 0.15) is 10.5 Å². The van der Waals surface area contributed by atoms with Crippen LogP contribution in [0, 0.1) is 11.6 Å². The van der Waals surface area contributed by atoms with E-state index in [0.717, 1.165) is 28.2 Å². The average molecular weight is 256 g/mol. The molecule has 1 N–H and O–H groups in total. The minimum absolute atomic E-state index is 0.676. The minimum Gasteiger partial charge on any atom is -0.346 e. The lowest BCUT2D eigenvalue weighted by Gasteiger charge is -2.10. The Balaban J connectivity index is 2.82. The molecule has 0 spiro atoms. The predicted molar refractivity (Wildman–Crippen MR) is 74.6 cm³/mol. The van der Waals surface area contributed by atoms with Crippen LogP contribution >= 0.6 is 24.0 Å². The topological polar surface area (TPSA) is 28.7 Å². The van der Waals surface area contributed by atoms with Gasteiger partial charge in [-0.1, -0.05) is 33.0 Å². The maximum atomic E-state index is 5.26. The third-order valence-corrected chi connectivity index (χ3v) is 4.48. The highest BCUT2D eigenvalue weighted by atomic mass is 32.2. The molecule has 4 heteroatoms. The Kier molecular flexibility index (Phi) is 5.49. The number of hydrogen-bond acceptors (Lipinski definition) is 3. The van der Waals surface area contributed by atoms with E-state index in [-0.39, 0.29) is 0 Å². The highest BCUT2D eigenvalue weighted by Crippen LogP contribution is 2.18. The van der Waals surface area contributed by atoms with Crippen molar-refractivity contribution in [3.63, 3.8) is 0 Å². The van der Waals surface area contributed by atoms with Crippen LogP contribution in [0.3, 0.4) is 0 Å². The number of aryl methyl sites for hydroxylation is 1. The first-order valence-corrected chi connectivity index (χ1v) is 7.24. The Hall–Kier alpha value is -0.350. The number of aromatic nitrogens is 2. The number of rotatable bonds is 5. The summed E-state index contributed by atoms with van der Waals surface area (Å²) in [7, 11) is 0. The first kappa shape index (κ1) is 13.7. The van der Waals surface area contributed by atoms with E-state index < -0.39 is 0 Å². The Morgan fingerprint density at radius 1 is 1.44 bits per heavy atom. The maximum Gasteiger partial charge on any atom is 0.132 e. The molecule has 1 atom stereocenters. The first-order chi connectivity index (χ1) is 7.58. The zero-order valence-electron chi connectivity index (χ0n) is 10.5. The molecule has 0 fully saturated rings. The summed E-state index contributed by atoms with van der Waals surface area (Å²) >= 11 is 7.19.